The van der Waals surface area contributed by atoms with Crippen molar-refractivity contribution in [2.75, 3.05) is 6.54 Å². The van der Waals surface area contributed by atoms with E-state index in [2.05, 4.69) is 15.3 Å². The molecule has 1 N–H and O–H groups in total. The number of nitrogens with one attached hydrogen (secondary N) is 1. The molecule has 0 aromatic carbocycles. The van der Waals surface area contributed by atoms with Crippen molar-refractivity contribution in [2.45, 2.75) is 83.1 Å². The van der Waals surface area contributed by atoms with Crippen LogP contribution in [0.3, 0.4) is 0 Å². The van der Waals surface area contributed by atoms with Gasteiger partial charge in [0.1, 0.15) is 23.8 Å². The maximum absolute atomic E-state index is 12.8. The highest BCUT2D eigenvalue weighted by molar-refractivity contribution is 5.86. The zero-order valence-electron chi connectivity index (χ0n) is 17.8. The summed E-state index contributed by atoms with van der Waals surface area (Å²) in [5, 5.41) is 12.2. The van der Waals surface area contributed by atoms with E-state index in [1.807, 2.05) is 26.8 Å². The van der Waals surface area contributed by atoms with E-state index in [4.69, 9.17) is 14.7 Å². The highest BCUT2D eigenvalue weighted by atomic mass is 16.6. The number of ether oxygens (including phenoxy) is 2. The van der Waals surface area contributed by atoms with Crippen molar-refractivity contribution >= 4 is 12.0 Å². The first-order valence-electron chi connectivity index (χ1n) is 10.4. The molecule has 2 aliphatic rings. The highest BCUT2D eigenvalue weighted by Crippen LogP contribution is 2.25. The molecule has 1 saturated carbocycles. The van der Waals surface area contributed by atoms with Gasteiger partial charge in [0.25, 0.3) is 5.88 Å². The Hall–Kier alpha value is -2.89. The monoisotopic (exact) mass is 415 g/mol. The quantitative estimate of drug-likeness (QED) is 0.803. The van der Waals surface area contributed by atoms with Gasteiger partial charge in [-0.15, -0.1) is 0 Å². The molecular weight excluding hydrogens is 386 g/mol. The molecule has 1 atom stereocenters. The summed E-state index contributed by atoms with van der Waals surface area (Å²) in [6.07, 6.45) is 6.90. The third kappa shape index (κ3) is 5.59. The molecule has 0 spiro atoms. The lowest BCUT2D eigenvalue weighted by atomic mass is 9.92. The van der Waals surface area contributed by atoms with Crippen molar-refractivity contribution in [3.63, 3.8) is 0 Å². The molecule has 30 heavy (non-hydrogen) atoms. The first kappa shape index (κ1) is 21.8. The van der Waals surface area contributed by atoms with Crippen molar-refractivity contribution in [1.29, 1.82) is 5.26 Å². The second kappa shape index (κ2) is 9.28. The fourth-order valence-electron chi connectivity index (χ4n) is 3.85. The minimum Gasteiger partial charge on any atom is -0.472 e. The van der Waals surface area contributed by atoms with Gasteiger partial charge >= 0.3 is 6.09 Å². The lowest BCUT2D eigenvalue weighted by Gasteiger charge is -2.32. The van der Waals surface area contributed by atoms with Crippen LogP contribution in [0.15, 0.2) is 12.4 Å². The topological polar surface area (TPSA) is 117 Å². The fraction of sp³-hybridized carbons (Fsp3) is 0.667. The third-order valence-corrected chi connectivity index (χ3v) is 5.25. The second-order valence-corrected chi connectivity index (χ2v) is 8.75. The van der Waals surface area contributed by atoms with Gasteiger partial charge in [-0.2, -0.15) is 5.26 Å². The molecule has 9 heteroatoms. The van der Waals surface area contributed by atoms with Gasteiger partial charge < -0.3 is 14.8 Å². The van der Waals surface area contributed by atoms with Gasteiger partial charge in [0.15, 0.2) is 0 Å². The summed E-state index contributed by atoms with van der Waals surface area (Å²) in [5.41, 5.74) is -0.412. The molecule has 162 valence electrons. The van der Waals surface area contributed by atoms with Crippen LogP contribution in [0, 0.1) is 11.3 Å². The molecule has 2 amide bonds. The smallest absolute Gasteiger partial charge is 0.410 e. The second-order valence-electron chi connectivity index (χ2n) is 8.75. The van der Waals surface area contributed by atoms with Gasteiger partial charge in [-0.25, -0.2) is 14.8 Å². The van der Waals surface area contributed by atoms with Crippen LogP contribution in [-0.4, -0.2) is 57.2 Å². The Morgan fingerprint density at radius 1 is 1.17 bits per heavy atom. The van der Waals surface area contributed by atoms with E-state index in [0.717, 1.165) is 32.1 Å². The summed E-state index contributed by atoms with van der Waals surface area (Å²) < 4.78 is 11.3. The molecule has 1 saturated heterocycles. The van der Waals surface area contributed by atoms with Crippen molar-refractivity contribution in [3.05, 3.63) is 18.1 Å². The summed E-state index contributed by atoms with van der Waals surface area (Å²) in [6, 6.07) is 1.54. The standard InChI is InChI=1S/C21H29N5O4/c1-21(2,3)30-20(28)26-12-4-5-17(26)18(27)25-14-6-8-15(9-7-14)29-19-16(13-22)23-10-11-24-19/h10-11,14-15,17H,4-9,12H2,1-3H3,(H,25,27). The molecule has 2 fully saturated rings. The molecule has 1 aromatic heterocycles. The highest BCUT2D eigenvalue weighted by Gasteiger charge is 2.37. The van der Waals surface area contributed by atoms with Crippen LogP contribution in [0.1, 0.15) is 65.0 Å². The Bertz CT molecular complexity index is 808. The zero-order chi connectivity index (χ0) is 21.7. The molecule has 0 radical (unpaired) electrons. The van der Waals surface area contributed by atoms with Crippen molar-refractivity contribution in [3.8, 4) is 11.9 Å². The number of carbonyl (C=O) groups is 2. The van der Waals surface area contributed by atoms with Gasteiger partial charge in [0.05, 0.1) is 0 Å². The minimum atomic E-state index is -0.590. The molecule has 1 unspecified atom stereocenters. The number of aromatic nitrogens is 2. The first-order chi connectivity index (χ1) is 14.3. The molecular formula is C21H29N5O4. The average Bonchev–Trinajstić information content (AvgIpc) is 3.19. The average molecular weight is 415 g/mol. The van der Waals surface area contributed by atoms with Crippen molar-refractivity contribution in [2.24, 2.45) is 0 Å². The Balaban J connectivity index is 1.49. The summed E-state index contributed by atoms with van der Waals surface area (Å²) in [6.45, 7) is 5.98. The summed E-state index contributed by atoms with van der Waals surface area (Å²) in [5.74, 6) is 0.134. The molecule has 0 bridgehead atoms. The SMILES string of the molecule is CC(C)(C)OC(=O)N1CCCC1C(=O)NC1CCC(Oc2nccnc2C#N)CC1. The van der Waals surface area contributed by atoms with E-state index < -0.39 is 17.7 Å². The van der Waals surface area contributed by atoms with Crippen LogP contribution in [0.2, 0.25) is 0 Å². The maximum atomic E-state index is 12.8. The van der Waals surface area contributed by atoms with Crippen LogP contribution < -0.4 is 10.1 Å². The van der Waals surface area contributed by atoms with E-state index in [1.54, 1.807) is 0 Å². The normalized spacial score (nSPS) is 24.1. The number of likely N-dealkylation sites (tertiary alicyclic amines) is 1. The summed E-state index contributed by atoms with van der Waals surface area (Å²) in [7, 11) is 0. The van der Waals surface area contributed by atoms with Crippen LogP contribution in [0.4, 0.5) is 4.79 Å². The van der Waals surface area contributed by atoms with E-state index in [9.17, 15) is 9.59 Å². The van der Waals surface area contributed by atoms with Gasteiger partial charge in [-0.05, 0) is 59.3 Å². The largest absolute Gasteiger partial charge is 0.472 e. The van der Waals surface area contributed by atoms with Crippen molar-refractivity contribution < 1.29 is 19.1 Å². The molecule has 1 aliphatic carbocycles. The van der Waals surface area contributed by atoms with Crippen LogP contribution in [-0.2, 0) is 9.53 Å². The van der Waals surface area contributed by atoms with E-state index in [-0.39, 0.29) is 29.6 Å². The number of rotatable bonds is 4. The van der Waals surface area contributed by atoms with E-state index in [0.29, 0.717) is 13.0 Å². The van der Waals surface area contributed by atoms with Gasteiger partial charge in [-0.1, -0.05) is 0 Å². The Morgan fingerprint density at radius 3 is 2.53 bits per heavy atom. The number of hydrogen-bond acceptors (Lipinski definition) is 7. The molecule has 9 nitrogen and oxygen atoms in total. The van der Waals surface area contributed by atoms with E-state index in [1.165, 1.54) is 17.3 Å². The molecule has 2 heterocycles. The predicted octanol–water partition coefficient (Wildman–Crippen LogP) is 2.55. The number of nitriles is 1. The van der Waals surface area contributed by atoms with Gasteiger partial charge in [0.2, 0.25) is 11.6 Å². The fourth-order valence-corrected chi connectivity index (χ4v) is 3.85. The van der Waals surface area contributed by atoms with Crippen LogP contribution in [0.5, 0.6) is 5.88 Å². The summed E-state index contributed by atoms with van der Waals surface area (Å²) >= 11 is 0. The van der Waals surface area contributed by atoms with Crippen LogP contribution in [0.25, 0.3) is 0 Å². The zero-order valence-corrected chi connectivity index (χ0v) is 17.8. The minimum absolute atomic E-state index is 0.0377. The third-order valence-electron chi connectivity index (χ3n) is 5.25. The molecule has 3 rings (SSSR count). The predicted molar refractivity (Wildman–Crippen MR) is 108 cm³/mol. The molecule has 1 aliphatic heterocycles. The number of amides is 2. The van der Waals surface area contributed by atoms with Gasteiger partial charge in [-0.3, -0.25) is 9.69 Å². The molecule has 1 aromatic rings. The van der Waals surface area contributed by atoms with Gasteiger partial charge in [0, 0.05) is 25.0 Å². The first-order valence-corrected chi connectivity index (χ1v) is 10.4. The lowest BCUT2D eigenvalue weighted by Crippen LogP contribution is -2.50. The number of hydrogen-bond donors (Lipinski definition) is 1. The summed E-state index contributed by atoms with van der Waals surface area (Å²) in [4.78, 5) is 34.8. The maximum Gasteiger partial charge on any atom is 0.410 e. The Kier molecular flexibility index (Phi) is 6.75. The van der Waals surface area contributed by atoms with Crippen molar-refractivity contribution in [1.82, 2.24) is 20.2 Å². The van der Waals surface area contributed by atoms with Crippen LogP contribution >= 0.6 is 0 Å². The number of nitrogens with zero attached hydrogens (tertiary/aromatic N) is 4. The lowest BCUT2D eigenvalue weighted by molar-refractivity contribution is -0.126. The Morgan fingerprint density at radius 2 is 1.87 bits per heavy atom. The number of carbonyl (C=O) groups excluding carboxylic acids is 2. The Labute approximate surface area is 176 Å². The van der Waals surface area contributed by atoms with E-state index >= 15 is 0 Å².